The Morgan fingerprint density at radius 1 is 1.00 bits per heavy atom. The second-order valence-corrected chi connectivity index (χ2v) is 7.63. The summed E-state index contributed by atoms with van der Waals surface area (Å²) in [7, 11) is -4.58. The predicted molar refractivity (Wildman–Crippen MR) is 97.1 cm³/mol. The molecule has 0 aliphatic rings. The molecular weight excluding hydrogens is 419 g/mol. The first kappa shape index (κ1) is 29.6. The van der Waals surface area contributed by atoms with E-state index in [9.17, 15) is 22.8 Å². The molecule has 0 spiro atoms. The minimum Gasteiger partial charge on any atom is -1.00 e. The summed E-state index contributed by atoms with van der Waals surface area (Å²) in [4.78, 5) is 36.0. The van der Waals surface area contributed by atoms with Gasteiger partial charge in [0.1, 0.15) is 18.6 Å². The van der Waals surface area contributed by atoms with Gasteiger partial charge in [-0.15, -0.1) is 0 Å². The summed E-state index contributed by atoms with van der Waals surface area (Å²) >= 11 is 0. The zero-order chi connectivity index (χ0) is 21.3. The Balaban J connectivity index is -0.00000338. The number of hydrogen-bond donors (Lipinski definition) is 1. The first-order chi connectivity index (χ1) is 12.3. The fourth-order valence-corrected chi connectivity index (χ4v) is 2.11. The SMILES string of the molecule is C=C(C)C(=O)OCC(CCCC)(COC(=O)C(=C)C)C(=O)OCS(=O)(=O)O.[H-].[K+]. The summed E-state index contributed by atoms with van der Waals surface area (Å²) in [6.45, 7) is 10.5. The van der Waals surface area contributed by atoms with Gasteiger partial charge in [-0.05, 0) is 20.3 Å². The summed E-state index contributed by atoms with van der Waals surface area (Å²) < 4.78 is 45.3. The third-order valence-corrected chi connectivity index (χ3v) is 3.85. The molecule has 28 heavy (non-hydrogen) atoms. The van der Waals surface area contributed by atoms with Crippen molar-refractivity contribution in [3.63, 3.8) is 0 Å². The van der Waals surface area contributed by atoms with Crippen LogP contribution in [0.1, 0.15) is 41.5 Å². The second kappa shape index (κ2) is 13.6. The normalized spacial score (nSPS) is 11.0. The maximum absolute atomic E-state index is 12.6. The standard InChI is InChI=1S/C17H26O9S.K.H/c1-6-7-8-17(9-24-14(18)12(2)3,10-25-15(19)13(4)5)16(20)26-11-27(21,22)23;;/h2,4,6-11H2,1,3,5H3,(H,21,22,23);;/q;+1;-1. The molecule has 0 aliphatic carbocycles. The molecule has 156 valence electrons. The second-order valence-electron chi connectivity index (χ2n) is 6.23. The number of hydrogen-bond acceptors (Lipinski definition) is 8. The van der Waals surface area contributed by atoms with Gasteiger partial charge >= 0.3 is 79.4 Å². The third kappa shape index (κ3) is 11.4. The Kier molecular flexibility index (Phi) is 14.4. The average Bonchev–Trinajstić information content (AvgIpc) is 2.57. The maximum Gasteiger partial charge on any atom is 1.00 e. The summed E-state index contributed by atoms with van der Waals surface area (Å²) in [5.74, 6) is -3.91. The van der Waals surface area contributed by atoms with Crippen molar-refractivity contribution in [2.75, 3.05) is 19.2 Å². The zero-order valence-electron chi connectivity index (χ0n) is 17.8. The molecule has 0 fully saturated rings. The topological polar surface area (TPSA) is 133 Å². The van der Waals surface area contributed by atoms with Crippen molar-refractivity contribution < 1.29 is 94.4 Å². The van der Waals surface area contributed by atoms with Gasteiger partial charge in [-0.2, -0.15) is 8.42 Å². The molecule has 0 saturated heterocycles. The molecule has 0 aromatic rings. The number of ether oxygens (including phenoxy) is 3. The van der Waals surface area contributed by atoms with Crippen molar-refractivity contribution >= 4 is 28.0 Å². The molecule has 0 heterocycles. The van der Waals surface area contributed by atoms with Crippen LogP contribution in [0.25, 0.3) is 0 Å². The van der Waals surface area contributed by atoms with E-state index in [4.69, 9.17) is 14.0 Å². The van der Waals surface area contributed by atoms with Crippen molar-refractivity contribution in [1.29, 1.82) is 0 Å². The van der Waals surface area contributed by atoms with E-state index in [1.807, 2.05) is 6.92 Å². The molecule has 0 unspecified atom stereocenters. The number of rotatable bonds is 12. The van der Waals surface area contributed by atoms with E-state index in [-0.39, 0.29) is 70.4 Å². The molecule has 9 nitrogen and oxygen atoms in total. The first-order valence-electron chi connectivity index (χ1n) is 8.12. The minimum absolute atomic E-state index is 0. The van der Waals surface area contributed by atoms with Crippen LogP contribution >= 0.6 is 0 Å². The number of carbonyl (C=O) groups is 3. The van der Waals surface area contributed by atoms with Gasteiger partial charge in [0.2, 0.25) is 5.94 Å². The number of esters is 3. The third-order valence-electron chi connectivity index (χ3n) is 3.44. The quantitative estimate of drug-likeness (QED) is 0.130. The molecule has 0 amide bonds. The molecule has 1 N–H and O–H groups in total. The largest absolute Gasteiger partial charge is 1.00 e. The molecule has 0 saturated carbocycles. The van der Waals surface area contributed by atoms with E-state index in [1.54, 1.807) is 0 Å². The molecule has 11 heteroatoms. The zero-order valence-corrected chi connectivity index (χ0v) is 20.7. The van der Waals surface area contributed by atoms with Crippen molar-refractivity contribution in [3.8, 4) is 0 Å². The van der Waals surface area contributed by atoms with Gasteiger partial charge in [-0.25, -0.2) is 9.59 Å². The molecule has 0 aromatic carbocycles. The summed E-state index contributed by atoms with van der Waals surface area (Å²) in [6, 6.07) is 0. The number of carbonyl (C=O) groups excluding carboxylic acids is 3. The molecule has 0 bridgehead atoms. The smallest absolute Gasteiger partial charge is 1.00 e. The fraction of sp³-hybridized carbons (Fsp3) is 0.588. The van der Waals surface area contributed by atoms with Crippen molar-refractivity contribution in [2.45, 2.75) is 40.0 Å². The van der Waals surface area contributed by atoms with Gasteiger partial charge in [0.05, 0.1) is 0 Å². The van der Waals surface area contributed by atoms with Crippen molar-refractivity contribution in [2.24, 2.45) is 5.41 Å². The molecule has 0 aliphatic heterocycles. The van der Waals surface area contributed by atoms with Gasteiger partial charge in [0.15, 0.2) is 0 Å². The summed E-state index contributed by atoms with van der Waals surface area (Å²) in [5, 5.41) is 0. The predicted octanol–water partition coefficient (Wildman–Crippen LogP) is -1.09. The van der Waals surface area contributed by atoms with Crippen molar-refractivity contribution in [1.82, 2.24) is 0 Å². The Labute approximate surface area is 209 Å². The number of unbranched alkanes of at least 4 members (excludes halogenated alkanes) is 1. The van der Waals surface area contributed by atoms with E-state index in [2.05, 4.69) is 17.9 Å². The molecule has 0 rings (SSSR count). The van der Waals surface area contributed by atoms with Gasteiger partial charge < -0.3 is 15.6 Å². The Morgan fingerprint density at radius 2 is 1.43 bits per heavy atom. The van der Waals surface area contributed by atoms with E-state index in [0.717, 1.165) is 0 Å². The van der Waals surface area contributed by atoms with Crippen LogP contribution < -0.4 is 51.4 Å². The molecule has 0 aromatic heterocycles. The fourth-order valence-electron chi connectivity index (χ4n) is 1.86. The van der Waals surface area contributed by atoms with E-state index in [0.29, 0.717) is 12.8 Å². The Bertz CT molecular complexity index is 674. The van der Waals surface area contributed by atoms with Crippen LogP contribution in [0.5, 0.6) is 0 Å². The first-order valence-corrected chi connectivity index (χ1v) is 9.73. The van der Waals surface area contributed by atoms with Crippen LogP contribution in [0.2, 0.25) is 0 Å². The van der Waals surface area contributed by atoms with Crippen LogP contribution in [0, 0.1) is 5.41 Å². The maximum atomic E-state index is 12.6. The monoisotopic (exact) mass is 446 g/mol. The average molecular weight is 447 g/mol. The minimum atomic E-state index is -4.58. The van der Waals surface area contributed by atoms with Gasteiger partial charge in [0.25, 0.3) is 0 Å². The Morgan fingerprint density at radius 3 is 1.75 bits per heavy atom. The van der Waals surface area contributed by atoms with Crippen molar-refractivity contribution in [3.05, 3.63) is 24.3 Å². The van der Waals surface area contributed by atoms with Gasteiger partial charge in [0, 0.05) is 11.1 Å². The summed E-state index contributed by atoms with van der Waals surface area (Å²) in [6.07, 6.45) is 1.20. The van der Waals surface area contributed by atoms with E-state index >= 15 is 0 Å². The van der Waals surface area contributed by atoms with Gasteiger partial charge in [-0.3, -0.25) is 9.35 Å². The van der Waals surface area contributed by atoms with Crippen LogP contribution in [-0.4, -0.2) is 50.0 Å². The summed E-state index contributed by atoms with van der Waals surface area (Å²) in [5.41, 5.74) is -1.47. The van der Waals surface area contributed by atoms with Crippen LogP contribution in [0.15, 0.2) is 24.3 Å². The molecular formula is C17H27KO9S. The van der Waals surface area contributed by atoms with E-state index in [1.165, 1.54) is 13.8 Å². The van der Waals surface area contributed by atoms with Crippen LogP contribution in [-0.2, 0) is 38.7 Å². The van der Waals surface area contributed by atoms with Crippen LogP contribution in [0.4, 0.5) is 0 Å². The molecule has 0 atom stereocenters. The van der Waals surface area contributed by atoms with Gasteiger partial charge in [-0.1, -0.05) is 32.9 Å². The van der Waals surface area contributed by atoms with Crippen LogP contribution in [0.3, 0.4) is 0 Å². The van der Waals surface area contributed by atoms with E-state index < -0.39 is 52.6 Å². The Hall–Kier alpha value is -0.564. The molecule has 0 radical (unpaired) electrons.